The summed E-state index contributed by atoms with van der Waals surface area (Å²) in [4.78, 5) is 10.1. The van der Waals surface area contributed by atoms with Crippen molar-refractivity contribution in [2.75, 3.05) is 0 Å². The predicted octanol–water partition coefficient (Wildman–Crippen LogP) is 2.48. The van der Waals surface area contributed by atoms with Crippen LogP contribution < -0.4 is 0 Å². The van der Waals surface area contributed by atoms with Crippen LogP contribution in [-0.4, -0.2) is 10.8 Å². The van der Waals surface area contributed by atoms with Crippen LogP contribution in [0, 0.1) is 0 Å². The van der Waals surface area contributed by atoms with E-state index in [1.807, 2.05) is 13.8 Å². The van der Waals surface area contributed by atoms with Crippen molar-refractivity contribution in [3.8, 4) is 0 Å². The first kappa shape index (κ1) is 10.0. The van der Waals surface area contributed by atoms with Crippen LogP contribution in [0.25, 0.3) is 0 Å². The molecule has 60 valence electrons. The Hall–Kier alpha value is 0.0500. The smallest absolute Gasteiger partial charge is 0.324 e. The van der Waals surface area contributed by atoms with Crippen LogP contribution in [0.2, 0.25) is 0 Å². The quantitative estimate of drug-likeness (QED) is 0.631. The van der Waals surface area contributed by atoms with Gasteiger partial charge in [0.1, 0.15) is 11.9 Å². The SMILES string of the molecule is CC(C)(Cl)CCC(=O)OCl. The Labute approximate surface area is 70.6 Å². The van der Waals surface area contributed by atoms with Crippen molar-refractivity contribution in [2.24, 2.45) is 0 Å². The summed E-state index contributed by atoms with van der Waals surface area (Å²) in [5, 5.41) is 0. The van der Waals surface area contributed by atoms with E-state index in [4.69, 9.17) is 23.5 Å². The highest BCUT2D eigenvalue weighted by Gasteiger charge is 2.15. The molecule has 0 aromatic rings. The van der Waals surface area contributed by atoms with E-state index >= 15 is 0 Å². The van der Waals surface area contributed by atoms with E-state index in [-0.39, 0.29) is 11.3 Å². The third-order valence-corrected chi connectivity index (χ3v) is 1.37. The maximum atomic E-state index is 10.4. The van der Waals surface area contributed by atoms with Gasteiger partial charge in [-0.25, -0.2) is 0 Å². The molecule has 0 aromatic carbocycles. The first-order valence-corrected chi connectivity index (χ1v) is 3.65. The van der Waals surface area contributed by atoms with Gasteiger partial charge in [-0.3, -0.25) is 4.79 Å². The Morgan fingerprint density at radius 3 is 2.40 bits per heavy atom. The molecular formula is C6H10Cl2O2. The van der Waals surface area contributed by atoms with E-state index in [1.54, 1.807) is 0 Å². The van der Waals surface area contributed by atoms with Crippen LogP contribution >= 0.6 is 23.5 Å². The summed E-state index contributed by atoms with van der Waals surface area (Å²) in [5.41, 5.74) is 0. The molecule has 4 heteroatoms. The van der Waals surface area contributed by atoms with Crippen molar-refractivity contribution in [3.63, 3.8) is 0 Å². The van der Waals surface area contributed by atoms with Crippen molar-refractivity contribution in [1.82, 2.24) is 0 Å². The molecule has 0 unspecified atom stereocenters. The van der Waals surface area contributed by atoms with Crippen molar-refractivity contribution < 1.29 is 9.08 Å². The lowest BCUT2D eigenvalue weighted by Gasteiger charge is -2.12. The Balaban J connectivity index is 3.46. The summed E-state index contributed by atoms with van der Waals surface area (Å²) in [6.45, 7) is 3.66. The zero-order chi connectivity index (χ0) is 8.20. The maximum absolute atomic E-state index is 10.4. The summed E-state index contributed by atoms with van der Waals surface area (Å²) < 4.78 is 3.92. The molecule has 0 atom stereocenters. The Kier molecular flexibility index (Phi) is 4.06. The zero-order valence-electron chi connectivity index (χ0n) is 5.99. The highest BCUT2D eigenvalue weighted by molar-refractivity contribution is 6.23. The minimum absolute atomic E-state index is 0.264. The van der Waals surface area contributed by atoms with Crippen molar-refractivity contribution in [2.45, 2.75) is 31.6 Å². The van der Waals surface area contributed by atoms with E-state index in [9.17, 15) is 4.79 Å². The summed E-state index contributed by atoms with van der Waals surface area (Å²) in [6.07, 6.45) is 0.833. The Morgan fingerprint density at radius 2 is 2.10 bits per heavy atom. The molecule has 0 aliphatic rings. The lowest BCUT2D eigenvalue weighted by atomic mass is 10.1. The van der Waals surface area contributed by atoms with E-state index in [2.05, 4.69) is 4.29 Å². The van der Waals surface area contributed by atoms with Gasteiger partial charge in [0, 0.05) is 11.3 Å². The molecule has 2 nitrogen and oxygen atoms in total. The summed E-state index contributed by atoms with van der Waals surface area (Å²) in [5.74, 6) is -0.435. The fourth-order valence-corrected chi connectivity index (χ4v) is 0.610. The van der Waals surface area contributed by atoms with Gasteiger partial charge < -0.3 is 4.29 Å². The van der Waals surface area contributed by atoms with Crippen LogP contribution in [-0.2, 0) is 9.08 Å². The molecule has 0 aromatic heterocycles. The number of alkyl halides is 1. The Bertz CT molecular complexity index is 117. The number of rotatable bonds is 3. The molecule has 0 N–H and O–H groups in total. The lowest BCUT2D eigenvalue weighted by molar-refractivity contribution is -0.134. The number of hydrogen-bond acceptors (Lipinski definition) is 2. The maximum Gasteiger partial charge on any atom is 0.324 e. The zero-order valence-corrected chi connectivity index (χ0v) is 7.50. The number of carbonyl (C=O) groups is 1. The number of carbonyl (C=O) groups excluding carboxylic acids is 1. The van der Waals surface area contributed by atoms with Gasteiger partial charge in [-0.05, 0) is 20.3 Å². The molecule has 0 bridgehead atoms. The molecular weight excluding hydrogens is 175 g/mol. The fourth-order valence-electron chi connectivity index (χ4n) is 0.438. The molecule has 0 spiro atoms. The van der Waals surface area contributed by atoms with Gasteiger partial charge >= 0.3 is 5.97 Å². The van der Waals surface area contributed by atoms with Gasteiger partial charge in [-0.15, -0.1) is 11.6 Å². The van der Waals surface area contributed by atoms with Gasteiger partial charge in [0.2, 0.25) is 0 Å². The standard InChI is InChI=1S/C6H10Cl2O2/c1-6(2,7)4-3-5(9)10-8/h3-4H2,1-2H3. The molecule has 10 heavy (non-hydrogen) atoms. The summed E-state index contributed by atoms with van der Waals surface area (Å²) in [7, 11) is 0. The molecule has 0 rings (SSSR count). The lowest BCUT2D eigenvalue weighted by Crippen LogP contribution is -2.12. The third-order valence-electron chi connectivity index (χ3n) is 1.01. The van der Waals surface area contributed by atoms with Crippen LogP contribution in [0.5, 0.6) is 0 Å². The van der Waals surface area contributed by atoms with Gasteiger partial charge in [-0.2, -0.15) is 0 Å². The highest BCUT2D eigenvalue weighted by atomic mass is 35.5. The molecule has 0 saturated carbocycles. The van der Waals surface area contributed by atoms with Crippen molar-refractivity contribution in [3.05, 3.63) is 0 Å². The highest BCUT2D eigenvalue weighted by Crippen LogP contribution is 2.19. The molecule has 0 amide bonds. The minimum atomic E-state index is -0.435. The molecule has 0 saturated heterocycles. The average molecular weight is 185 g/mol. The molecule has 0 heterocycles. The van der Waals surface area contributed by atoms with Gasteiger partial charge in [0.05, 0.1) is 0 Å². The van der Waals surface area contributed by atoms with E-state index in [0.29, 0.717) is 6.42 Å². The number of hydrogen-bond donors (Lipinski definition) is 0. The molecule has 0 radical (unpaired) electrons. The van der Waals surface area contributed by atoms with E-state index in [1.165, 1.54) is 0 Å². The van der Waals surface area contributed by atoms with Crippen molar-refractivity contribution in [1.29, 1.82) is 0 Å². The summed E-state index contributed by atoms with van der Waals surface area (Å²) in [6, 6.07) is 0. The largest absolute Gasteiger partial charge is 0.348 e. The fraction of sp³-hybridized carbons (Fsp3) is 0.833. The normalized spacial score (nSPS) is 11.2. The summed E-state index contributed by atoms with van der Waals surface area (Å²) >= 11 is 10.6. The van der Waals surface area contributed by atoms with Crippen LogP contribution in [0.3, 0.4) is 0 Å². The number of halogens is 2. The van der Waals surface area contributed by atoms with Crippen LogP contribution in [0.1, 0.15) is 26.7 Å². The second-order valence-electron chi connectivity index (χ2n) is 2.67. The van der Waals surface area contributed by atoms with E-state index < -0.39 is 5.97 Å². The second-order valence-corrected chi connectivity index (χ2v) is 3.85. The van der Waals surface area contributed by atoms with Crippen LogP contribution in [0.15, 0.2) is 0 Å². The second kappa shape index (κ2) is 4.04. The molecule has 0 aliphatic carbocycles. The first-order chi connectivity index (χ1) is 4.45. The minimum Gasteiger partial charge on any atom is -0.348 e. The van der Waals surface area contributed by atoms with E-state index in [0.717, 1.165) is 0 Å². The first-order valence-electron chi connectivity index (χ1n) is 2.96. The predicted molar refractivity (Wildman–Crippen MR) is 41.1 cm³/mol. The molecule has 0 fully saturated rings. The molecule has 0 aliphatic heterocycles. The Morgan fingerprint density at radius 1 is 1.60 bits per heavy atom. The monoisotopic (exact) mass is 184 g/mol. The van der Waals surface area contributed by atoms with Gasteiger partial charge in [0.15, 0.2) is 0 Å². The topological polar surface area (TPSA) is 26.3 Å². The van der Waals surface area contributed by atoms with Crippen molar-refractivity contribution >= 4 is 29.4 Å². The third kappa shape index (κ3) is 6.17. The van der Waals surface area contributed by atoms with Gasteiger partial charge in [-0.1, -0.05) is 0 Å². The average Bonchev–Trinajstić information content (AvgIpc) is 1.81. The van der Waals surface area contributed by atoms with Crippen LogP contribution in [0.4, 0.5) is 0 Å². The van der Waals surface area contributed by atoms with Gasteiger partial charge in [0.25, 0.3) is 0 Å².